The van der Waals surface area contributed by atoms with Crippen LogP contribution < -0.4 is 5.73 Å². The Kier molecular flexibility index (Phi) is 8.04. The number of amides is 1. The highest BCUT2D eigenvalue weighted by atomic mass is 16.6. The van der Waals surface area contributed by atoms with E-state index in [9.17, 15) is 34.8 Å². The van der Waals surface area contributed by atoms with Crippen molar-refractivity contribution in [2.45, 2.75) is 57.3 Å². The number of aromatic hydroxyl groups is 1. The molecule has 0 bridgehead atoms. The molecule has 1 aromatic carbocycles. The van der Waals surface area contributed by atoms with Crippen molar-refractivity contribution < 1.29 is 39.6 Å². The maximum Gasteiger partial charge on any atom is 0.255 e. The van der Waals surface area contributed by atoms with Gasteiger partial charge in [-0.2, -0.15) is 0 Å². The first-order valence-corrected chi connectivity index (χ1v) is 13.8. The number of aliphatic hydroxyl groups is 3. The van der Waals surface area contributed by atoms with Crippen LogP contribution in [0.1, 0.15) is 55.1 Å². The number of likely N-dealkylation sites (N-methyl/N-ethyl adjacent to an activating group) is 1. The second-order valence-corrected chi connectivity index (χ2v) is 12.7. The predicted octanol–water partition coefficient (Wildman–Crippen LogP) is 1.59. The van der Waals surface area contributed by atoms with Crippen LogP contribution in [-0.4, -0.2) is 105 Å². The van der Waals surface area contributed by atoms with Crippen molar-refractivity contribution in [2.24, 2.45) is 22.7 Å². The lowest BCUT2D eigenvalue weighted by atomic mass is 9.58. The van der Waals surface area contributed by atoms with Crippen LogP contribution in [-0.2, 0) is 20.8 Å². The van der Waals surface area contributed by atoms with Crippen molar-refractivity contribution >= 4 is 23.2 Å². The van der Waals surface area contributed by atoms with Crippen molar-refractivity contribution in [2.75, 3.05) is 34.7 Å². The van der Waals surface area contributed by atoms with Crippen LogP contribution in [0, 0.1) is 11.8 Å². The first-order valence-electron chi connectivity index (χ1n) is 13.8. The fraction of sp³-hybridized carbons (Fsp3) is 0.533. The number of ketones is 2. The first-order chi connectivity index (χ1) is 19.4. The van der Waals surface area contributed by atoms with Crippen molar-refractivity contribution in [3.8, 4) is 5.75 Å². The summed E-state index contributed by atoms with van der Waals surface area (Å²) in [6, 6.07) is 1.99. The summed E-state index contributed by atoms with van der Waals surface area (Å²) < 4.78 is 0. The molecule has 0 unspecified atom stereocenters. The summed E-state index contributed by atoms with van der Waals surface area (Å²) in [5.74, 6) is -6.90. The molecule has 0 heterocycles. The van der Waals surface area contributed by atoms with Crippen molar-refractivity contribution in [1.29, 1.82) is 0 Å². The van der Waals surface area contributed by atoms with E-state index in [1.165, 1.54) is 11.0 Å². The van der Waals surface area contributed by atoms with Gasteiger partial charge in [0, 0.05) is 30.0 Å². The second kappa shape index (κ2) is 10.8. The Morgan fingerprint density at radius 2 is 1.79 bits per heavy atom. The SMILES string of the molecule is CN(C)CCC(=NOC(C)(C)C)c1ccc(O)c2c1C[C@H]1C[C@H]3[C@H](N(C)C)C(O)=C(C(N)=O)C(=O)[C@@]3(O)C(O)=C1C2=O. The third kappa shape index (κ3) is 5.07. The van der Waals surface area contributed by atoms with E-state index in [0.717, 1.165) is 0 Å². The van der Waals surface area contributed by atoms with Gasteiger partial charge in [-0.05, 0) is 85.4 Å². The van der Waals surface area contributed by atoms with Crippen LogP contribution in [0.3, 0.4) is 0 Å². The lowest BCUT2D eigenvalue weighted by Gasteiger charge is -2.50. The quantitative estimate of drug-likeness (QED) is 0.179. The minimum atomic E-state index is -2.68. The highest BCUT2D eigenvalue weighted by molar-refractivity contribution is 6.25. The Morgan fingerprint density at radius 3 is 2.33 bits per heavy atom. The lowest BCUT2D eigenvalue weighted by molar-refractivity contribution is -0.148. The zero-order valence-corrected chi connectivity index (χ0v) is 25.1. The van der Waals surface area contributed by atoms with E-state index in [2.05, 4.69) is 5.16 Å². The number of Topliss-reactive ketones (excluding diaryl/α,β-unsaturated/α-hetero) is 2. The molecule has 0 aromatic heterocycles. The molecule has 0 fully saturated rings. The smallest absolute Gasteiger partial charge is 0.255 e. The van der Waals surface area contributed by atoms with Crippen molar-refractivity contribution in [3.63, 3.8) is 0 Å². The summed E-state index contributed by atoms with van der Waals surface area (Å²) in [5, 5.41) is 49.5. The third-order valence-electron chi connectivity index (χ3n) is 8.14. The average molecular weight is 585 g/mol. The van der Waals surface area contributed by atoms with Gasteiger partial charge in [0.2, 0.25) is 5.78 Å². The predicted molar refractivity (Wildman–Crippen MR) is 154 cm³/mol. The zero-order valence-electron chi connectivity index (χ0n) is 25.1. The summed E-state index contributed by atoms with van der Waals surface area (Å²) in [7, 11) is 7.01. The number of hydrogen-bond acceptors (Lipinski definition) is 11. The molecule has 0 saturated heterocycles. The van der Waals surface area contributed by atoms with E-state index in [1.807, 2.05) is 39.8 Å². The molecule has 12 heteroatoms. The number of benzene rings is 1. The van der Waals surface area contributed by atoms with Crippen LogP contribution in [0.4, 0.5) is 0 Å². The van der Waals surface area contributed by atoms with Gasteiger partial charge in [-0.1, -0.05) is 5.16 Å². The number of nitrogens with two attached hydrogens (primary N) is 1. The molecule has 3 aliphatic carbocycles. The van der Waals surface area contributed by atoms with Gasteiger partial charge in [0.25, 0.3) is 5.91 Å². The minimum Gasteiger partial charge on any atom is -0.510 e. The number of primary amides is 1. The van der Waals surface area contributed by atoms with Gasteiger partial charge >= 0.3 is 0 Å². The van der Waals surface area contributed by atoms with Gasteiger partial charge in [0.1, 0.15) is 28.4 Å². The van der Waals surface area contributed by atoms with Crippen LogP contribution in [0.5, 0.6) is 5.75 Å². The number of rotatable bonds is 7. The molecule has 0 spiro atoms. The first kappa shape index (κ1) is 31.2. The number of carbonyl (C=O) groups is 3. The van der Waals surface area contributed by atoms with Gasteiger partial charge in [0.05, 0.1) is 17.3 Å². The van der Waals surface area contributed by atoms with E-state index in [-0.39, 0.29) is 29.7 Å². The number of allylic oxidation sites excluding steroid dienone is 1. The highest BCUT2D eigenvalue weighted by Crippen LogP contribution is 2.52. The number of hydrogen-bond donors (Lipinski definition) is 5. The van der Waals surface area contributed by atoms with E-state index < -0.39 is 63.6 Å². The van der Waals surface area contributed by atoms with Gasteiger partial charge in [-0.3, -0.25) is 19.3 Å². The van der Waals surface area contributed by atoms with E-state index >= 15 is 0 Å². The van der Waals surface area contributed by atoms with Gasteiger partial charge in [-0.25, -0.2) is 0 Å². The van der Waals surface area contributed by atoms with E-state index in [1.54, 1.807) is 20.2 Å². The molecule has 12 nitrogen and oxygen atoms in total. The van der Waals surface area contributed by atoms with E-state index in [4.69, 9.17) is 10.6 Å². The minimum absolute atomic E-state index is 0.00350. The molecule has 6 N–H and O–H groups in total. The molecular formula is C30H40N4O8. The molecule has 0 radical (unpaired) electrons. The standard InChI is InChI=1S/C30H40N4O8/c1-29(2,3)42-32-18(10-11-33(4)5)15-8-9-19(35)21-16(15)12-14-13-17-23(34(6)7)25(37)22(28(31)40)27(39)30(17,41)26(38)20(14)24(21)36/h8-9,14,17,23,35,37-38,41H,10-13H2,1-7H3,(H2,31,40)/t14-,17-,23-,30-/m0/s1. The fourth-order valence-corrected chi connectivity index (χ4v) is 6.27. The van der Waals surface area contributed by atoms with Crippen LogP contribution >= 0.6 is 0 Å². The van der Waals surface area contributed by atoms with Gasteiger partial charge in [-0.15, -0.1) is 0 Å². The molecule has 1 amide bonds. The third-order valence-corrected chi connectivity index (χ3v) is 8.14. The molecule has 4 atom stereocenters. The Labute approximate surface area is 244 Å². The molecule has 0 saturated carbocycles. The van der Waals surface area contributed by atoms with Crippen LogP contribution in [0.2, 0.25) is 0 Å². The second-order valence-electron chi connectivity index (χ2n) is 12.7. The molecule has 3 aliphatic rings. The fourth-order valence-electron chi connectivity index (χ4n) is 6.27. The Bertz CT molecular complexity index is 1440. The summed E-state index contributed by atoms with van der Waals surface area (Å²) in [6.45, 7) is 6.21. The molecule has 0 aliphatic heterocycles. The number of nitrogens with zero attached hydrogens (tertiary/aromatic N) is 3. The zero-order chi connectivity index (χ0) is 31.5. The summed E-state index contributed by atoms with van der Waals surface area (Å²) in [6.07, 6.45) is 0.638. The largest absolute Gasteiger partial charge is 0.510 e. The number of phenols is 1. The molecule has 4 rings (SSSR count). The molecule has 42 heavy (non-hydrogen) atoms. The molecule has 1 aromatic rings. The maximum atomic E-state index is 14.0. The van der Waals surface area contributed by atoms with Crippen LogP contribution in [0.15, 0.2) is 40.0 Å². The van der Waals surface area contributed by atoms with Crippen molar-refractivity contribution in [3.05, 3.63) is 51.5 Å². The Morgan fingerprint density at radius 1 is 1.14 bits per heavy atom. The van der Waals surface area contributed by atoms with Crippen molar-refractivity contribution in [1.82, 2.24) is 9.80 Å². The number of oxime groups is 1. The molecular weight excluding hydrogens is 544 g/mol. The highest BCUT2D eigenvalue weighted by Gasteiger charge is 2.63. The number of fused-ring (bicyclic) bond motifs is 3. The number of phenolic OH excluding ortho intramolecular Hbond substituents is 1. The molecule has 228 valence electrons. The summed E-state index contributed by atoms with van der Waals surface area (Å²) >= 11 is 0. The monoisotopic (exact) mass is 584 g/mol. The Balaban J connectivity index is 1.91. The van der Waals surface area contributed by atoms with Gasteiger partial charge in [0.15, 0.2) is 11.4 Å². The normalized spacial score (nSPS) is 26.4. The van der Waals surface area contributed by atoms with Gasteiger partial charge < -0.3 is 35.9 Å². The van der Waals surface area contributed by atoms with E-state index in [0.29, 0.717) is 29.8 Å². The lowest BCUT2D eigenvalue weighted by Crippen LogP contribution is -2.63. The van der Waals surface area contributed by atoms with Crippen LogP contribution in [0.25, 0.3) is 0 Å². The topological polar surface area (TPSA) is 186 Å². The number of aliphatic hydroxyl groups excluding tert-OH is 2. The maximum absolute atomic E-state index is 14.0. The number of carbonyl (C=O) groups excluding carboxylic acids is 3. The average Bonchev–Trinajstić information content (AvgIpc) is 2.85. The summed E-state index contributed by atoms with van der Waals surface area (Å²) in [5.41, 5.74) is 2.68. The summed E-state index contributed by atoms with van der Waals surface area (Å²) in [4.78, 5) is 48.9. The Hall–Kier alpha value is -3.74.